The van der Waals surface area contributed by atoms with E-state index in [9.17, 15) is 0 Å². The Hall–Kier alpha value is -1.42. The van der Waals surface area contributed by atoms with Crippen molar-refractivity contribution in [2.24, 2.45) is 16.9 Å². The molecule has 1 heterocycles. The molecular formula is C11H11ClN4. The molecule has 0 radical (unpaired) electrons. The third-order valence-electron chi connectivity index (χ3n) is 3.11. The van der Waals surface area contributed by atoms with Crippen molar-refractivity contribution in [3.8, 4) is 0 Å². The second-order valence-corrected chi connectivity index (χ2v) is 4.48. The normalized spacial score (nSPS) is 28.9. The number of halogens is 1. The fraction of sp³-hybridized carbons (Fsp3) is 0.364. The van der Waals surface area contributed by atoms with Gasteiger partial charge in [-0.25, -0.2) is 0 Å². The Balaban J connectivity index is 1.64. The minimum Gasteiger partial charge on any atom is -0.260 e. The highest BCUT2D eigenvalue weighted by Crippen LogP contribution is 2.40. The van der Waals surface area contributed by atoms with E-state index in [0.717, 1.165) is 18.8 Å². The first-order valence-corrected chi connectivity index (χ1v) is 5.69. The predicted octanol–water partition coefficient (Wildman–Crippen LogP) is 2.49. The molecule has 82 valence electrons. The monoisotopic (exact) mass is 234 g/mol. The van der Waals surface area contributed by atoms with Crippen molar-refractivity contribution in [2.75, 3.05) is 5.43 Å². The van der Waals surface area contributed by atoms with E-state index in [2.05, 4.69) is 32.9 Å². The van der Waals surface area contributed by atoms with Crippen LogP contribution in [0.4, 0.5) is 5.82 Å². The maximum absolute atomic E-state index is 5.64. The molecule has 0 aliphatic heterocycles. The first-order chi connectivity index (χ1) is 7.83. The summed E-state index contributed by atoms with van der Waals surface area (Å²) in [7, 11) is 0. The second-order valence-electron chi connectivity index (χ2n) is 4.09. The highest BCUT2D eigenvalue weighted by Gasteiger charge is 2.37. The summed E-state index contributed by atoms with van der Waals surface area (Å²) in [4.78, 5) is 0. The number of aromatic nitrogens is 2. The van der Waals surface area contributed by atoms with E-state index in [1.165, 1.54) is 5.71 Å². The Bertz CT molecular complexity index is 452. The number of hydrogen-bond donors (Lipinski definition) is 1. The lowest BCUT2D eigenvalue weighted by Gasteiger charge is -2.31. The molecule has 16 heavy (non-hydrogen) atoms. The molecule has 2 atom stereocenters. The third-order valence-corrected chi connectivity index (χ3v) is 3.31. The molecule has 5 heteroatoms. The zero-order valence-electron chi connectivity index (χ0n) is 8.60. The highest BCUT2D eigenvalue weighted by molar-refractivity contribution is 6.29. The molecule has 0 aromatic carbocycles. The largest absolute Gasteiger partial charge is 0.260 e. The number of nitrogens with one attached hydrogen (secondary N) is 1. The van der Waals surface area contributed by atoms with Gasteiger partial charge in [0.2, 0.25) is 0 Å². The Morgan fingerprint density at radius 2 is 2.31 bits per heavy atom. The third kappa shape index (κ3) is 1.69. The van der Waals surface area contributed by atoms with Crippen LogP contribution in [0.3, 0.4) is 0 Å². The molecule has 2 aliphatic rings. The van der Waals surface area contributed by atoms with Crippen molar-refractivity contribution in [3.63, 3.8) is 0 Å². The molecule has 4 nitrogen and oxygen atoms in total. The molecule has 3 rings (SSSR count). The zero-order chi connectivity index (χ0) is 11.0. The summed E-state index contributed by atoms with van der Waals surface area (Å²) in [6.07, 6.45) is 6.71. The molecule has 0 spiro atoms. The molecule has 0 unspecified atom stereocenters. The average molecular weight is 235 g/mol. The maximum atomic E-state index is 5.64. The van der Waals surface area contributed by atoms with Gasteiger partial charge in [0.25, 0.3) is 0 Å². The van der Waals surface area contributed by atoms with Gasteiger partial charge in [-0.05, 0) is 30.9 Å². The van der Waals surface area contributed by atoms with Crippen LogP contribution in [0.5, 0.6) is 0 Å². The summed E-state index contributed by atoms with van der Waals surface area (Å²) in [5, 5.41) is 12.4. The predicted molar refractivity (Wildman–Crippen MR) is 63.5 cm³/mol. The summed E-state index contributed by atoms with van der Waals surface area (Å²) < 4.78 is 0. The molecule has 1 fully saturated rings. The smallest absolute Gasteiger partial charge is 0.168 e. The van der Waals surface area contributed by atoms with E-state index in [1.54, 1.807) is 12.1 Å². The molecule has 0 bridgehead atoms. The number of nitrogens with zero attached hydrogens (tertiary/aromatic N) is 3. The van der Waals surface area contributed by atoms with E-state index in [-0.39, 0.29) is 0 Å². The van der Waals surface area contributed by atoms with Crippen LogP contribution < -0.4 is 5.43 Å². The van der Waals surface area contributed by atoms with E-state index in [1.807, 2.05) is 0 Å². The van der Waals surface area contributed by atoms with Gasteiger partial charge in [0.05, 0.1) is 0 Å². The van der Waals surface area contributed by atoms with Gasteiger partial charge in [0.1, 0.15) is 0 Å². The van der Waals surface area contributed by atoms with Gasteiger partial charge in [0, 0.05) is 11.6 Å². The summed E-state index contributed by atoms with van der Waals surface area (Å²) in [5.74, 6) is 1.97. The zero-order valence-corrected chi connectivity index (χ0v) is 9.35. The minimum absolute atomic E-state index is 0.391. The number of rotatable bonds is 2. The van der Waals surface area contributed by atoms with Gasteiger partial charge >= 0.3 is 0 Å². The summed E-state index contributed by atoms with van der Waals surface area (Å²) in [6, 6.07) is 3.46. The fourth-order valence-electron chi connectivity index (χ4n) is 2.17. The van der Waals surface area contributed by atoms with Crippen LogP contribution in [-0.4, -0.2) is 15.9 Å². The second kappa shape index (κ2) is 3.87. The average Bonchev–Trinajstić information content (AvgIpc) is 2.63. The Labute approximate surface area is 98.4 Å². The Morgan fingerprint density at radius 1 is 1.38 bits per heavy atom. The number of allylic oxidation sites excluding steroid dienone is 2. The topological polar surface area (TPSA) is 50.2 Å². The Kier molecular flexibility index (Phi) is 2.36. The van der Waals surface area contributed by atoms with Crippen LogP contribution in [0, 0.1) is 11.8 Å². The van der Waals surface area contributed by atoms with E-state index in [4.69, 9.17) is 11.6 Å². The van der Waals surface area contributed by atoms with E-state index < -0.39 is 0 Å². The van der Waals surface area contributed by atoms with Crippen LogP contribution in [0.15, 0.2) is 29.4 Å². The molecule has 2 aliphatic carbocycles. The molecule has 0 saturated heterocycles. The lowest BCUT2D eigenvalue weighted by molar-refractivity contribution is 0.466. The Morgan fingerprint density at radius 3 is 3.06 bits per heavy atom. The molecule has 1 aromatic heterocycles. The lowest BCUT2D eigenvalue weighted by Crippen LogP contribution is -2.33. The van der Waals surface area contributed by atoms with Crippen LogP contribution in [-0.2, 0) is 0 Å². The SMILES string of the molecule is Clc1ccc(N/N=C2/C[C@@H]3C=CC[C@@H]23)nn1. The van der Waals surface area contributed by atoms with Crippen LogP contribution in [0.25, 0.3) is 0 Å². The van der Waals surface area contributed by atoms with Crippen molar-refractivity contribution in [1.29, 1.82) is 0 Å². The van der Waals surface area contributed by atoms with Gasteiger partial charge in [0.15, 0.2) is 11.0 Å². The van der Waals surface area contributed by atoms with E-state index >= 15 is 0 Å². The van der Waals surface area contributed by atoms with Crippen molar-refractivity contribution < 1.29 is 0 Å². The number of anilines is 1. The fourth-order valence-corrected chi connectivity index (χ4v) is 2.27. The van der Waals surface area contributed by atoms with Gasteiger partial charge in [-0.2, -0.15) is 5.10 Å². The minimum atomic E-state index is 0.391. The summed E-state index contributed by atoms with van der Waals surface area (Å²) in [6.45, 7) is 0. The molecule has 1 N–H and O–H groups in total. The number of fused-ring (bicyclic) bond motifs is 1. The number of hydrazone groups is 1. The maximum Gasteiger partial charge on any atom is 0.168 e. The molecule has 1 saturated carbocycles. The van der Waals surface area contributed by atoms with Crippen molar-refractivity contribution in [1.82, 2.24) is 10.2 Å². The first-order valence-electron chi connectivity index (χ1n) is 5.31. The van der Waals surface area contributed by atoms with Gasteiger partial charge in [-0.15, -0.1) is 10.2 Å². The van der Waals surface area contributed by atoms with Gasteiger partial charge in [-0.1, -0.05) is 23.8 Å². The number of hydrogen-bond acceptors (Lipinski definition) is 4. The highest BCUT2D eigenvalue weighted by atomic mass is 35.5. The molecule has 0 amide bonds. The standard InChI is InChI=1S/C11H11ClN4/c12-10-4-5-11(16-14-10)15-13-9-6-7-2-1-3-8(7)9/h1-2,4-5,7-8H,3,6H2,(H,15,16)/b13-9-/t7-,8+/m0/s1. The van der Waals surface area contributed by atoms with Crippen LogP contribution >= 0.6 is 11.6 Å². The molecule has 1 aromatic rings. The van der Waals surface area contributed by atoms with Crippen molar-refractivity contribution in [3.05, 3.63) is 29.4 Å². The van der Waals surface area contributed by atoms with Crippen LogP contribution in [0.1, 0.15) is 12.8 Å². The molecular weight excluding hydrogens is 224 g/mol. The van der Waals surface area contributed by atoms with E-state index in [0.29, 0.717) is 16.9 Å². The lowest BCUT2D eigenvalue weighted by atomic mass is 9.74. The van der Waals surface area contributed by atoms with Crippen molar-refractivity contribution in [2.45, 2.75) is 12.8 Å². The quantitative estimate of drug-likeness (QED) is 0.632. The van der Waals surface area contributed by atoms with Gasteiger partial charge < -0.3 is 0 Å². The van der Waals surface area contributed by atoms with Gasteiger partial charge in [-0.3, -0.25) is 5.43 Å². The summed E-state index contributed by atoms with van der Waals surface area (Å²) >= 11 is 5.64. The van der Waals surface area contributed by atoms with Crippen LogP contribution in [0.2, 0.25) is 5.15 Å². The van der Waals surface area contributed by atoms with Crippen molar-refractivity contribution >= 4 is 23.1 Å². The summed E-state index contributed by atoms with van der Waals surface area (Å²) in [5.41, 5.74) is 4.14. The first kappa shape index (κ1) is 9.78.